The lowest BCUT2D eigenvalue weighted by molar-refractivity contribution is 0.0926. The number of hydrazone groups is 1. The van der Waals surface area contributed by atoms with Crippen molar-refractivity contribution in [1.29, 1.82) is 0 Å². The van der Waals surface area contributed by atoms with Gasteiger partial charge in [0.25, 0.3) is 11.8 Å². The molecule has 0 saturated heterocycles. The summed E-state index contributed by atoms with van der Waals surface area (Å²) in [7, 11) is 3.31. The highest BCUT2D eigenvalue weighted by molar-refractivity contribution is 7.14. The Balaban J connectivity index is 1.22. The highest BCUT2D eigenvalue weighted by Crippen LogP contribution is 2.40. The predicted octanol–water partition coefficient (Wildman–Crippen LogP) is 6.98. The molecule has 0 saturated carbocycles. The van der Waals surface area contributed by atoms with E-state index in [1.54, 1.807) is 44.6 Å². The number of methoxy groups -OCH3 is 2. The van der Waals surface area contributed by atoms with Crippen LogP contribution in [-0.4, -0.2) is 36.7 Å². The number of hydrogen-bond donors (Lipinski definition) is 0. The Labute approximate surface area is 252 Å². The van der Waals surface area contributed by atoms with Gasteiger partial charge in [0.15, 0.2) is 0 Å². The molecule has 3 heterocycles. The molecular weight excluding hydrogens is 560 g/mol. The largest absolute Gasteiger partial charge is 0.497 e. The van der Waals surface area contributed by atoms with E-state index in [1.807, 2.05) is 65.0 Å². The van der Waals surface area contributed by atoms with Gasteiger partial charge in [-0.2, -0.15) is 5.10 Å². The van der Waals surface area contributed by atoms with Gasteiger partial charge in [0.05, 0.1) is 48.5 Å². The molecule has 1 atom stereocenters. The number of fused-ring (bicyclic) bond motifs is 1. The van der Waals surface area contributed by atoms with E-state index in [-0.39, 0.29) is 17.9 Å². The molecule has 1 aromatic heterocycles. The van der Waals surface area contributed by atoms with Gasteiger partial charge >= 0.3 is 0 Å². The average Bonchev–Trinajstić information content (AvgIpc) is 3.78. The van der Waals surface area contributed by atoms with E-state index in [1.165, 1.54) is 16.2 Å². The Bertz CT molecular complexity index is 1850. The summed E-state index contributed by atoms with van der Waals surface area (Å²) in [5.74, 6) is 0.936. The third-order valence-electron chi connectivity index (χ3n) is 7.72. The molecule has 0 fully saturated rings. The predicted molar refractivity (Wildman–Crippen MR) is 167 cm³/mol. The molecule has 212 valence electrons. The molecule has 0 bridgehead atoms. The molecule has 0 radical (unpaired) electrons. The van der Waals surface area contributed by atoms with Gasteiger partial charge in [-0.15, -0.1) is 11.3 Å². The number of carbonyl (C=O) groups is 2. The van der Waals surface area contributed by atoms with Crippen LogP contribution in [0.2, 0.25) is 0 Å². The van der Waals surface area contributed by atoms with Crippen LogP contribution in [0.5, 0.6) is 11.5 Å². The number of imide groups is 1. The molecule has 2 amide bonds. The summed E-state index contributed by atoms with van der Waals surface area (Å²) in [6.07, 6.45) is 0.697. The quantitative estimate of drug-likeness (QED) is 0.191. The molecule has 2 aliphatic heterocycles. The van der Waals surface area contributed by atoms with Crippen molar-refractivity contribution < 1.29 is 19.1 Å². The van der Waals surface area contributed by atoms with Crippen LogP contribution in [0.4, 0.5) is 10.8 Å². The zero-order valence-corrected chi connectivity index (χ0v) is 24.2. The van der Waals surface area contributed by atoms with Crippen molar-refractivity contribution in [3.63, 3.8) is 0 Å². The minimum Gasteiger partial charge on any atom is -0.497 e. The standard InChI is InChI=1S/C34H26N4O4S/c1-41-25-14-10-21(11-15-25)29-19-31(22-12-16-26(42-2)17-13-22)38(36-29)34-35-30(20-43-34)23-6-5-7-24(18-23)37-32(39)27-8-3-4-9-28(27)33(37)40/h3-18,20,31H,19H2,1-2H3/t31-/m0/s1. The molecule has 0 spiro atoms. The number of nitrogens with zero attached hydrogens (tertiary/aromatic N) is 4. The fourth-order valence-electron chi connectivity index (χ4n) is 5.46. The number of anilines is 2. The van der Waals surface area contributed by atoms with Crippen molar-refractivity contribution in [3.8, 4) is 22.8 Å². The lowest BCUT2D eigenvalue weighted by Crippen LogP contribution is -2.29. The third kappa shape index (κ3) is 4.73. The Kier molecular flexibility index (Phi) is 6.71. The molecule has 5 aromatic rings. The van der Waals surface area contributed by atoms with Crippen molar-refractivity contribution in [2.45, 2.75) is 12.5 Å². The molecule has 7 rings (SSSR count). The topological polar surface area (TPSA) is 84.3 Å². The van der Waals surface area contributed by atoms with Crippen LogP contribution in [-0.2, 0) is 0 Å². The molecular formula is C34H26N4O4S. The molecule has 0 aliphatic carbocycles. The first-order valence-electron chi connectivity index (χ1n) is 13.7. The van der Waals surface area contributed by atoms with Crippen LogP contribution in [0.1, 0.15) is 44.3 Å². The molecule has 8 nitrogen and oxygen atoms in total. The van der Waals surface area contributed by atoms with Crippen LogP contribution in [0.15, 0.2) is 108 Å². The maximum absolute atomic E-state index is 13.1. The first kappa shape index (κ1) is 26.6. The maximum Gasteiger partial charge on any atom is 0.266 e. The summed E-state index contributed by atoms with van der Waals surface area (Å²) in [6.45, 7) is 0. The van der Waals surface area contributed by atoms with E-state index in [0.29, 0.717) is 23.2 Å². The van der Waals surface area contributed by atoms with E-state index >= 15 is 0 Å². The number of amides is 2. The summed E-state index contributed by atoms with van der Waals surface area (Å²) < 4.78 is 10.7. The number of carbonyl (C=O) groups excluding carboxylic acids is 2. The first-order chi connectivity index (χ1) is 21.0. The zero-order valence-electron chi connectivity index (χ0n) is 23.4. The van der Waals surface area contributed by atoms with E-state index < -0.39 is 0 Å². The Morgan fingerprint density at radius 1 is 0.767 bits per heavy atom. The second-order valence-electron chi connectivity index (χ2n) is 10.2. The van der Waals surface area contributed by atoms with Crippen LogP contribution in [0, 0.1) is 0 Å². The highest BCUT2D eigenvalue weighted by atomic mass is 32.1. The van der Waals surface area contributed by atoms with Gasteiger partial charge in [-0.05, 0) is 71.8 Å². The van der Waals surface area contributed by atoms with Crippen molar-refractivity contribution >= 4 is 39.7 Å². The number of rotatable bonds is 7. The first-order valence-corrected chi connectivity index (χ1v) is 14.6. The van der Waals surface area contributed by atoms with Crippen LogP contribution in [0.3, 0.4) is 0 Å². The lowest BCUT2D eigenvalue weighted by atomic mass is 9.98. The van der Waals surface area contributed by atoms with Crippen LogP contribution < -0.4 is 19.4 Å². The summed E-state index contributed by atoms with van der Waals surface area (Å²) in [4.78, 5) is 32.4. The Morgan fingerprint density at radius 2 is 1.42 bits per heavy atom. The molecule has 2 aliphatic rings. The normalized spacial score (nSPS) is 16.0. The number of ether oxygens (including phenoxy) is 2. The number of thiazole rings is 1. The van der Waals surface area contributed by atoms with E-state index in [2.05, 4.69) is 12.1 Å². The van der Waals surface area contributed by atoms with Gasteiger partial charge in [0.2, 0.25) is 5.13 Å². The summed E-state index contributed by atoms with van der Waals surface area (Å²) >= 11 is 1.50. The molecule has 43 heavy (non-hydrogen) atoms. The fraction of sp³-hybridized carbons (Fsp3) is 0.118. The molecule has 9 heteroatoms. The van der Waals surface area contributed by atoms with Gasteiger partial charge in [-0.3, -0.25) is 9.59 Å². The average molecular weight is 587 g/mol. The van der Waals surface area contributed by atoms with Crippen molar-refractivity contribution in [2.24, 2.45) is 5.10 Å². The smallest absolute Gasteiger partial charge is 0.266 e. The summed E-state index contributed by atoms with van der Waals surface area (Å²) in [6, 6.07) is 30.1. The number of aromatic nitrogens is 1. The third-order valence-corrected chi connectivity index (χ3v) is 8.55. The molecule has 4 aromatic carbocycles. The minimum atomic E-state index is -0.323. The second kappa shape index (κ2) is 10.8. The minimum absolute atomic E-state index is 0.0633. The maximum atomic E-state index is 13.1. The molecule has 0 N–H and O–H groups in total. The SMILES string of the molecule is COc1ccc(C2=NN(c3nc(-c4cccc(N5C(=O)c6ccccc6C5=O)c4)cs3)[C@H](c3ccc(OC)cc3)C2)cc1. The van der Waals surface area contributed by atoms with Gasteiger partial charge in [-0.25, -0.2) is 14.9 Å². The van der Waals surface area contributed by atoms with Crippen molar-refractivity contribution in [2.75, 3.05) is 24.1 Å². The Hall–Kier alpha value is -5.28. The monoisotopic (exact) mass is 586 g/mol. The van der Waals surface area contributed by atoms with Crippen LogP contribution >= 0.6 is 11.3 Å². The zero-order chi connectivity index (χ0) is 29.5. The molecule has 0 unspecified atom stereocenters. The summed E-state index contributed by atoms with van der Waals surface area (Å²) in [5.41, 5.74) is 5.94. The van der Waals surface area contributed by atoms with E-state index in [0.717, 1.165) is 44.7 Å². The van der Waals surface area contributed by atoms with Gasteiger partial charge in [0.1, 0.15) is 11.5 Å². The van der Waals surface area contributed by atoms with Crippen molar-refractivity contribution in [1.82, 2.24) is 4.98 Å². The van der Waals surface area contributed by atoms with Gasteiger partial charge in [0, 0.05) is 17.4 Å². The van der Waals surface area contributed by atoms with Crippen molar-refractivity contribution in [3.05, 3.63) is 125 Å². The lowest BCUT2D eigenvalue weighted by Gasteiger charge is -2.21. The van der Waals surface area contributed by atoms with E-state index in [4.69, 9.17) is 19.6 Å². The number of hydrogen-bond acceptors (Lipinski definition) is 8. The van der Waals surface area contributed by atoms with Crippen LogP contribution in [0.25, 0.3) is 11.3 Å². The van der Waals surface area contributed by atoms with E-state index in [9.17, 15) is 9.59 Å². The highest BCUT2D eigenvalue weighted by Gasteiger charge is 2.36. The number of benzene rings is 4. The Morgan fingerprint density at radius 3 is 2.07 bits per heavy atom. The summed E-state index contributed by atoms with van der Waals surface area (Å²) in [5, 5.41) is 9.74. The fourth-order valence-corrected chi connectivity index (χ4v) is 6.29. The van der Waals surface area contributed by atoms with Gasteiger partial charge < -0.3 is 9.47 Å². The second-order valence-corrected chi connectivity index (χ2v) is 11.0. The van der Waals surface area contributed by atoms with Gasteiger partial charge in [-0.1, -0.05) is 36.4 Å².